The Kier molecular flexibility index (Phi) is 8.04. The van der Waals surface area contributed by atoms with E-state index in [2.05, 4.69) is 10.3 Å². The highest BCUT2D eigenvalue weighted by Gasteiger charge is 2.69. The third-order valence-corrected chi connectivity index (χ3v) is 8.51. The fraction of sp³-hybridized carbons (Fsp3) is 0.607. The average Bonchev–Trinajstić information content (AvgIpc) is 2.85. The molecule has 0 spiro atoms. The number of ketones is 4. The summed E-state index contributed by atoms with van der Waals surface area (Å²) < 4.78 is 0. The maximum Gasteiger partial charge on any atom is 0.193 e. The predicted octanol–water partition coefficient (Wildman–Crippen LogP) is -0.893. The Morgan fingerprint density at radius 2 is 1.80 bits per heavy atom. The minimum atomic E-state index is -2.72. The Balaban J connectivity index is 1.84. The van der Waals surface area contributed by atoms with Crippen LogP contribution >= 0.6 is 0 Å². The minimum Gasteiger partial charge on any atom is -0.505 e. The van der Waals surface area contributed by atoms with Crippen LogP contribution in [0.1, 0.15) is 36.2 Å². The number of fused-ring (bicyclic) bond motifs is 3. The van der Waals surface area contributed by atoms with Gasteiger partial charge in [-0.05, 0) is 50.4 Å². The zero-order valence-electron chi connectivity index (χ0n) is 24.2. The Hall–Kier alpha value is -3.39. The lowest BCUT2D eigenvalue weighted by Gasteiger charge is -2.53. The molecule has 2 saturated carbocycles. The van der Waals surface area contributed by atoms with E-state index in [4.69, 9.17) is 11.5 Å². The van der Waals surface area contributed by atoms with E-state index in [-0.39, 0.29) is 36.0 Å². The summed E-state index contributed by atoms with van der Waals surface area (Å²) in [5.41, 5.74) is 9.98. The van der Waals surface area contributed by atoms with Crippen molar-refractivity contribution < 1.29 is 34.5 Å². The van der Waals surface area contributed by atoms with Gasteiger partial charge in [0.1, 0.15) is 17.9 Å². The molecule has 13 nitrogen and oxygen atoms in total. The molecule has 8 N–H and O–H groups in total. The number of aliphatic imine (C=N–C) groups is 1. The van der Waals surface area contributed by atoms with Crippen LogP contribution in [0.25, 0.3) is 0 Å². The number of aliphatic hydroxyl groups is 2. The maximum absolute atomic E-state index is 14.1. The number of hydrogen-bond acceptors (Lipinski definition) is 11. The number of aliphatic hydroxyl groups excluding tert-OH is 1. The van der Waals surface area contributed by atoms with Gasteiger partial charge < -0.3 is 37.0 Å². The Labute approximate surface area is 238 Å². The van der Waals surface area contributed by atoms with Crippen molar-refractivity contribution in [2.24, 2.45) is 46.0 Å². The first-order valence-corrected chi connectivity index (χ1v) is 13.7. The van der Waals surface area contributed by atoms with Crippen LogP contribution in [0.3, 0.4) is 0 Å². The zero-order valence-corrected chi connectivity index (χ0v) is 24.2. The van der Waals surface area contributed by atoms with Crippen LogP contribution in [0.15, 0.2) is 11.1 Å². The molecule has 0 radical (unpaired) electrons. The van der Waals surface area contributed by atoms with Crippen molar-refractivity contribution >= 4 is 40.5 Å². The summed E-state index contributed by atoms with van der Waals surface area (Å²) in [5.74, 6) is -8.92. The van der Waals surface area contributed by atoms with Gasteiger partial charge in [-0.3, -0.25) is 29.1 Å². The molecule has 2 fully saturated rings. The monoisotopic (exact) mass is 572 g/mol. The third-order valence-electron chi connectivity index (χ3n) is 8.51. The van der Waals surface area contributed by atoms with Crippen LogP contribution in [-0.2, 0) is 20.8 Å². The second-order valence-corrected chi connectivity index (χ2v) is 12.2. The lowest BCUT2D eigenvalue weighted by Crippen LogP contribution is -2.74. The molecule has 13 heteroatoms. The number of nitrogens with one attached hydrogen (secondary N) is 1. The van der Waals surface area contributed by atoms with Gasteiger partial charge in [0, 0.05) is 32.2 Å². The number of phenolic OH excluding ortho intramolecular Hbond substituents is 1. The molecule has 0 heterocycles. The molecule has 1 aromatic carbocycles. The van der Waals surface area contributed by atoms with Crippen molar-refractivity contribution in [1.29, 1.82) is 0 Å². The fourth-order valence-electron chi connectivity index (χ4n) is 6.69. The molecule has 0 saturated heterocycles. The first-order chi connectivity index (χ1) is 19.0. The van der Waals surface area contributed by atoms with E-state index in [0.29, 0.717) is 17.8 Å². The molecule has 7 atom stereocenters. The second-order valence-electron chi connectivity index (χ2n) is 12.2. The quantitative estimate of drug-likeness (QED) is 0.0805. The molecule has 41 heavy (non-hydrogen) atoms. The summed E-state index contributed by atoms with van der Waals surface area (Å²) in [5, 5.41) is 36.0. The molecule has 1 aromatic rings. The summed E-state index contributed by atoms with van der Waals surface area (Å²) in [6.45, 7) is 4.37. The fourth-order valence-corrected chi connectivity index (χ4v) is 6.69. The lowest BCUT2D eigenvalue weighted by molar-refractivity contribution is -0.184. The second kappa shape index (κ2) is 10.8. The number of nitrogens with two attached hydrogens (primary N) is 2. The standard InChI is InChI=1S/C28H40N6O7/c1-11(2)10-31-27(30)32-15-9-16(33(3)4)13-7-12-8-14-20(34(5)6)23(37)19(26(29)40)25(39)28(14,41)24(38)17(12)22(36)18(13)21(15)35/h9,11-12,14,17,19-20,26,35,40-41H,7-8,10,29H2,1-6H3,(H3,30,31,32)/t12-,14-,17?,19?,20-,26?,28-/m0/s1. The van der Waals surface area contributed by atoms with E-state index >= 15 is 0 Å². The van der Waals surface area contributed by atoms with Crippen molar-refractivity contribution in [3.8, 4) is 5.75 Å². The topological polar surface area (TPSA) is 212 Å². The summed E-state index contributed by atoms with van der Waals surface area (Å²) >= 11 is 0. The minimum absolute atomic E-state index is 0.00817. The SMILES string of the molecule is CC(C)CN=C(N)Nc1cc(N(C)C)c2c(c1O)C(=O)C1C(=O)[C@]3(O)C(=O)C(C(N)O)C(=O)[C@@H](N(C)C)[C@@H]3C[C@@H]1C2. The first-order valence-electron chi connectivity index (χ1n) is 13.7. The molecule has 0 aromatic heterocycles. The number of aromatic hydroxyl groups is 1. The van der Waals surface area contributed by atoms with E-state index in [1.165, 1.54) is 4.90 Å². The van der Waals surface area contributed by atoms with E-state index in [1.54, 1.807) is 39.2 Å². The number of benzene rings is 1. The summed E-state index contributed by atoms with van der Waals surface area (Å²) in [7, 11) is 6.69. The van der Waals surface area contributed by atoms with Gasteiger partial charge in [0.15, 0.2) is 34.7 Å². The third kappa shape index (κ3) is 4.80. The van der Waals surface area contributed by atoms with Crippen molar-refractivity contribution in [3.63, 3.8) is 0 Å². The number of likely N-dealkylation sites (N-methyl/N-ethyl adjacent to an activating group) is 1. The number of nitrogens with zero attached hydrogens (tertiary/aromatic N) is 3. The van der Waals surface area contributed by atoms with Gasteiger partial charge in [-0.25, -0.2) is 0 Å². The summed E-state index contributed by atoms with van der Waals surface area (Å²) in [6.07, 6.45) is -1.75. The molecule has 0 bridgehead atoms. The molecule has 0 amide bonds. The predicted molar refractivity (Wildman–Crippen MR) is 152 cm³/mol. The number of Topliss-reactive ketones (excluding diaryl/α,β-unsaturated/α-hetero) is 4. The van der Waals surface area contributed by atoms with Gasteiger partial charge in [0.25, 0.3) is 0 Å². The molecule has 3 aliphatic carbocycles. The van der Waals surface area contributed by atoms with E-state index in [1.807, 2.05) is 13.8 Å². The van der Waals surface area contributed by atoms with Crippen molar-refractivity contribution in [2.45, 2.75) is 44.6 Å². The van der Waals surface area contributed by atoms with Crippen LogP contribution in [0.4, 0.5) is 11.4 Å². The number of anilines is 2. The zero-order chi connectivity index (χ0) is 30.7. The smallest absolute Gasteiger partial charge is 0.193 e. The average molecular weight is 573 g/mol. The van der Waals surface area contributed by atoms with Crippen LogP contribution in [-0.4, -0.2) is 102 Å². The van der Waals surface area contributed by atoms with E-state index < -0.39 is 70.4 Å². The molecule has 3 aliphatic rings. The highest BCUT2D eigenvalue weighted by molar-refractivity contribution is 6.27. The molecule has 4 rings (SSSR count). The normalized spacial score (nSPS) is 30.7. The van der Waals surface area contributed by atoms with Crippen LogP contribution in [0, 0.1) is 29.6 Å². The number of guanidine groups is 1. The number of carbonyl (C=O) groups is 4. The van der Waals surface area contributed by atoms with Gasteiger partial charge in [-0.1, -0.05) is 13.8 Å². The summed E-state index contributed by atoms with van der Waals surface area (Å²) in [4.78, 5) is 62.4. The Morgan fingerprint density at radius 1 is 1.17 bits per heavy atom. The molecule has 0 aliphatic heterocycles. The van der Waals surface area contributed by atoms with Crippen molar-refractivity contribution in [2.75, 3.05) is 45.0 Å². The van der Waals surface area contributed by atoms with Crippen LogP contribution in [0.2, 0.25) is 0 Å². The van der Waals surface area contributed by atoms with Gasteiger partial charge in [-0.15, -0.1) is 0 Å². The van der Waals surface area contributed by atoms with Crippen molar-refractivity contribution in [3.05, 3.63) is 17.2 Å². The van der Waals surface area contributed by atoms with Gasteiger partial charge in [0.2, 0.25) is 0 Å². The molecular weight excluding hydrogens is 532 g/mol. The van der Waals surface area contributed by atoms with Crippen LogP contribution in [0.5, 0.6) is 5.75 Å². The Morgan fingerprint density at radius 3 is 2.34 bits per heavy atom. The van der Waals surface area contributed by atoms with Gasteiger partial charge in [0.05, 0.1) is 23.2 Å². The maximum atomic E-state index is 14.1. The van der Waals surface area contributed by atoms with Crippen LogP contribution < -0.4 is 21.7 Å². The first kappa shape index (κ1) is 30.6. The molecule has 224 valence electrons. The van der Waals surface area contributed by atoms with Crippen molar-refractivity contribution in [1.82, 2.24) is 4.90 Å². The van der Waals surface area contributed by atoms with Gasteiger partial charge >= 0.3 is 0 Å². The Bertz CT molecular complexity index is 1320. The number of hydrogen-bond donors (Lipinski definition) is 6. The summed E-state index contributed by atoms with van der Waals surface area (Å²) in [6, 6.07) is 0.549. The number of carbonyl (C=O) groups excluding carboxylic acids is 4. The van der Waals surface area contributed by atoms with E-state index in [9.17, 15) is 34.5 Å². The molecule has 3 unspecified atom stereocenters. The van der Waals surface area contributed by atoms with E-state index in [0.717, 1.165) is 0 Å². The highest BCUT2D eigenvalue weighted by atomic mass is 16.3. The lowest BCUT2D eigenvalue weighted by atomic mass is 9.52. The number of phenols is 1. The largest absolute Gasteiger partial charge is 0.505 e. The highest BCUT2D eigenvalue weighted by Crippen LogP contribution is 2.52. The molecular formula is C28H40N6O7. The number of rotatable bonds is 6. The van der Waals surface area contributed by atoms with Gasteiger partial charge in [-0.2, -0.15) is 0 Å².